The summed E-state index contributed by atoms with van der Waals surface area (Å²) in [6.07, 6.45) is 4.25. The van der Waals surface area contributed by atoms with E-state index in [1.807, 2.05) is 20.8 Å². The van der Waals surface area contributed by atoms with Crippen LogP contribution in [0.4, 0.5) is 0 Å². The standard InChI is InChI=1S/C9H13.C6H15OSi.C4H10N.CH3.CH2.2ClH.Zr/c1-6-5-7(2)9(4)8(6)3;1-5-6-7-8(2,3)4;1-4(2,3)5;;;;;/h6H,1-4H3;1,5-6H2,2-4H3;5H,1-3H3;1H3;1H2;2*1H;/q4*-1;;;;. The zero-order valence-corrected chi connectivity index (χ0v) is 24.7. The molecule has 0 amide bonds. The number of hydrogen-bond acceptors (Lipinski definition) is 1. The summed E-state index contributed by atoms with van der Waals surface area (Å²) in [6.45, 7) is 25.3. The van der Waals surface area contributed by atoms with Crippen LogP contribution in [-0.4, -0.2) is 24.7 Å². The monoisotopic (exact) mass is 515 g/mol. The largest absolute Gasteiger partial charge is 0.358 e. The molecule has 0 aromatic rings. The van der Waals surface area contributed by atoms with Crippen LogP contribution in [0, 0.1) is 26.3 Å². The fourth-order valence-corrected chi connectivity index (χ4v) is 2.30. The summed E-state index contributed by atoms with van der Waals surface area (Å²) >= 11 is 1.30. The molecule has 1 aliphatic rings. The van der Waals surface area contributed by atoms with Gasteiger partial charge in [-0.1, -0.05) is 47.5 Å². The van der Waals surface area contributed by atoms with Crippen molar-refractivity contribution in [3.63, 3.8) is 0 Å². The first kappa shape index (κ1) is 42.1. The van der Waals surface area contributed by atoms with Crippen molar-refractivity contribution in [2.45, 2.75) is 80.1 Å². The molecule has 1 N–H and O–H groups in total. The fourth-order valence-electron chi connectivity index (χ4n) is 1.54. The Morgan fingerprint density at radius 3 is 1.56 bits per heavy atom. The summed E-state index contributed by atoms with van der Waals surface area (Å²) in [4.78, 5) is 0. The van der Waals surface area contributed by atoms with Gasteiger partial charge in [-0.3, -0.25) is 6.08 Å². The van der Waals surface area contributed by atoms with Crippen LogP contribution in [0.5, 0.6) is 0 Å². The second kappa shape index (κ2) is 21.7. The van der Waals surface area contributed by atoms with E-state index in [9.17, 15) is 0 Å². The van der Waals surface area contributed by atoms with Crippen molar-refractivity contribution >= 4 is 37.3 Å². The molecule has 0 heterocycles. The Hall–Kier alpha value is 0.950. The second-order valence-electron chi connectivity index (χ2n) is 7.86. The minimum Gasteiger partial charge on any atom is -0.358 e. The zero-order valence-electron chi connectivity index (χ0n) is 19.6. The van der Waals surface area contributed by atoms with Crippen LogP contribution in [0.1, 0.15) is 54.9 Å². The average Bonchev–Trinajstić information content (AvgIpc) is 2.63. The van der Waals surface area contributed by atoms with E-state index in [0.717, 1.165) is 13.0 Å². The molecule has 0 saturated heterocycles. The molecule has 0 saturated carbocycles. The zero-order chi connectivity index (χ0) is 20.1. The van der Waals surface area contributed by atoms with Gasteiger partial charge in [0.1, 0.15) is 0 Å². The van der Waals surface area contributed by atoms with Gasteiger partial charge in [-0.25, -0.2) is 5.57 Å². The maximum atomic E-state index is 6.94. The number of nitrogens with one attached hydrogen (secondary N) is 1. The Morgan fingerprint density at radius 2 is 1.48 bits per heavy atom. The smallest absolute Gasteiger partial charge is 0.358 e. The van der Waals surface area contributed by atoms with Gasteiger partial charge < -0.3 is 24.5 Å². The predicted octanol–water partition coefficient (Wildman–Crippen LogP) is 7.88. The molecule has 0 fully saturated rings. The fraction of sp³-hybridized carbons (Fsp3) is 0.667. The van der Waals surface area contributed by atoms with Crippen LogP contribution in [0.15, 0.2) is 16.7 Å². The van der Waals surface area contributed by atoms with Gasteiger partial charge in [-0.2, -0.15) is 17.6 Å². The molecule has 166 valence electrons. The Kier molecular flexibility index (Phi) is 33.8. The van der Waals surface area contributed by atoms with Crippen LogP contribution in [-0.2, 0) is 28.7 Å². The Labute approximate surface area is 200 Å². The molecule has 1 aliphatic carbocycles. The minimum absolute atomic E-state index is 0. The Bertz CT molecular complexity index is 394. The molecule has 0 bridgehead atoms. The molecule has 0 aromatic carbocycles. The van der Waals surface area contributed by atoms with Crippen LogP contribution >= 0.6 is 24.8 Å². The van der Waals surface area contributed by atoms with Crippen molar-refractivity contribution in [1.29, 1.82) is 0 Å². The summed E-state index contributed by atoms with van der Waals surface area (Å²) in [5.41, 5.74) is 10.9. The molecular formula is C21H45Cl2NOSiZr-4. The van der Waals surface area contributed by atoms with Gasteiger partial charge in [0, 0.05) is 6.61 Å². The van der Waals surface area contributed by atoms with E-state index in [2.05, 4.69) is 64.5 Å². The third kappa shape index (κ3) is 34.8. The van der Waals surface area contributed by atoms with E-state index in [-0.39, 0.29) is 37.8 Å². The molecule has 1 atom stereocenters. The van der Waals surface area contributed by atoms with Gasteiger partial charge in [0.25, 0.3) is 0 Å². The van der Waals surface area contributed by atoms with Crippen molar-refractivity contribution in [2.75, 3.05) is 6.61 Å². The summed E-state index contributed by atoms with van der Waals surface area (Å²) < 4.78 is 8.79. The molecule has 0 aliphatic heterocycles. The topological polar surface area (TPSA) is 33.0 Å². The summed E-state index contributed by atoms with van der Waals surface area (Å²) in [6, 6.07) is 0. The van der Waals surface area contributed by atoms with Crippen LogP contribution in [0.25, 0.3) is 5.73 Å². The number of allylic oxidation sites excluding steroid dienone is 4. The molecule has 2 nitrogen and oxygen atoms in total. The maximum absolute atomic E-state index is 6.94. The summed E-state index contributed by atoms with van der Waals surface area (Å²) in [5.74, 6) is 0.560. The molecule has 1 unspecified atom stereocenters. The first-order valence-electron chi connectivity index (χ1n) is 8.50. The van der Waals surface area contributed by atoms with E-state index in [1.54, 1.807) is 0 Å². The third-order valence-electron chi connectivity index (χ3n) is 2.92. The quantitative estimate of drug-likeness (QED) is 0.277. The van der Waals surface area contributed by atoms with Gasteiger partial charge >= 0.3 is 28.4 Å². The Balaban J connectivity index is -0.0000000572. The summed E-state index contributed by atoms with van der Waals surface area (Å²) in [5, 5.41) is 0. The van der Waals surface area contributed by atoms with Gasteiger partial charge in [-0.05, 0) is 19.6 Å². The third-order valence-corrected chi connectivity index (χ3v) is 3.99. The van der Waals surface area contributed by atoms with E-state index in [1.165, 1.54) is 41.0 Å². The van der Waals surface area contributed by atoms with Crippen LogP contribution in [0.2, 0.25) is 19.6 Å². The average molecular weight is 518 g/mol. The van der Waals surface area contributed by atoms with Crippen LogP contribution in [0.3, 0.4) is 0 Å². The van der Waals surface area contributed by atoms with Gasteiger partial charge in [0.15, 0.2) is 8.32 Å². The number of hydrogen-bond donors (Lipinski definition) is 0. The molecule has 0 spiro atoms. The number of halogens is 2. The summed E-state index contributed by atoms with van der Waals surface area (Å²) in [7, 11) is -1.22. The van der Waals surface area contributed by atoms with Gasteiger partial charge in [0.2, 0.25) is 0 Å². The molecule has 0 radical (unpaired) electrons. The molecule has 27 heavy (non-hydrogen) atoms. The van der Waals surface area contributed by atoms with Crippen molar-refractivity contribution in [3.05, 3.63) is 42.9 Å². The normalized spacial score (nSPS) is 14.9. The van der Waals surface area contributed by atoms with Gasteiger partial charge in [0.05, 0.1) is 0 Å². The SMILES string of the molecule is CC(C)(C)[NH-].CC1=[C-]C(C)C(C)=C1C.Cl.Cl.[CH2-]CCO[Si](C)(C)C.[CH2]=[Zr].[CH3-]. The van der Waals surface area contributed by atoms with Gasteiger partial charge in [-0.15, -0.1) is 37.3 Å². The van der Waals surface area contributed by atoms with Crippen LogP contribution < -0.4 is 0 Å². The van der Waals surface area contributed by atoms with Crippen molar-refractivity contribution in [2.24, 2.45) is 5.92 Å². The van der Waals surface area contributed by atoms with E-state index >= 15 is 0 Å². The van der Waals surface area contributed by atoms with Crippen molar-refractivity contribution in [3.8, 4) is 0 Å². The van der Waals surface area contributed by atoms with E-state index < -0.39 is 8.32 Å². The Morgan fingerprint density at radius 1 is 1.15 bits per heavy atom. The first-order valence-corrected chi connectivity index (χ1v) is 13.6. The second-order valence-corrected chi connectivity index (χ2v) is 12.4. The molecular weight excluding hydrogens is 472 g/mol. The van der Waals surface area contributed by atoms with Crippen molar-refractivity contribution in [1.82, 2.24) is 0 Å². The number of rotatable bonds is 3. The van der Waals surface area contributed by atoms with Crippen molar-refractivity contribution < 1.29 is 28.7 Å². The molecule has 6 heteroatoms. The predicted molar refractivity (Wildman–Crippen MR) is 131 cm³/mol. The van der Waals surface area contributed by atoms with E-state index in [0.29, 0.717) is 5.92 Å². The molecule has 1 rings (SSSR count). The van der Waals surface area contributed by atoms with E-state index in [4.69, 9.17) is 10.2 Å². The maximum Gasteiger partial charge on any atom is -0.358 e. The first-order chi connectivity index (χ1) is 10.7. The molecule has 0 aromatic heterocycles. The minimum atomic E-state index is -1.22.